The van der Waals surface area contributed by atoms with Crippen LogP contribution in [0.2, 0.25) is 10.0 Å². The first-order valence-corrected chi connectivity index (χ1v) is 17.9. The quantitative estimate of drug-likeness (QED) is 0.112. The normalized spacial score (nSPS) is 15.9. The summed E-state index contributed by atoms with van der Waals surface area (Å²) in [6.45, 7) is 0.331. The molecule has 5 rings (SSSR count). The number of hydrogen-bond acceptors (Lipinski definition) is 10. The highest BCUT2D eigenvalue weighted by atomic mass is 35.5. The summed E-state index contributed by atoms with van der Waals surface area (Å²) in [4.78, 5) is 15.7. The fourth-order valence-electron chi connectivity index (χ4n) is 5.18. The maximum absolute atomic E-state index is 13.6. The Morgan fingerprint density at radius 1 is 1.10 bits per heavy atom. The van der Waals surface area contributed by atoms with Crippen molar-refractivity contribution in [2.45, 2.75) is 38.4 Å². The van der Waals surface area contributed by atoms with E-state index in [1.807, 2.05) is 0 Å². The van der Waals surface area contributed by atoms with E-state index < -0.39 is 34.5 Å². The smallest absolute Gasteiger partial charge is 0.387 e. The molecule has 0 radical (unpaired) electrons. The molecular weight excluding hydrogens is 711 g/mol. The Bertz CT molecular complexity index is 1720. The predicted molar refractivity (Wildman–Crippen MR) is 176 cm³/mol. The van der Waals surface area contributed by atoms with E-state index >= 15 is 0 Å². The molecule has 266 valence electrons. The Hall–Kier alpha value is -3.63. The number of anilines is 1. The topological polar surface area (TPSA) is 151 Å². The van der Waals surface area contributed by atoms with Gasteiger partial charge in [0.1, 0.15) is 21.9 Å². The average molecular weight is 747 g/mol. The number of alkyl halides is 2. The predicted octanol–water partition coefficient (Wildman–Crippen LogP) is 5.33. The van der Waals surface area contributed by atoms with Gasteiger partial charge in [-0.2, -0.15) is 13.5 Å². The number of carbonyl (C=O) groups is 1. The molecule has 3 aromatic rings. The molecule has 1 saturated heterocycles. The third-order valence-corrected chi connectivity index (χ3v) is 9.87. The molecule has 2 aromatic carbocycles. The number of hydrogen-bond donors (Lipinski definition) is 2. The van der Waals surface area contributed by atoms with Crippen molar-refractivity contribution in [1.82, 2.24) is 4.90 Å². The van der Waals surface area contributed by atoms with Crippen LogP contribution >= 0.6 is 23.2 Å². The third kappa shape index (κ3) is 10.9. The van der Waals surface area contributed by atoms with Crippen molar-refractivity contribution in [2.24, 2.45) is 5.92 Å². The van der Waals surface area contributed by atoms with Crippen LogP contribution in [0.15, 0.2) is 48.8 Å². The third-order valence-electron chi connectivity index (χ3n) is 7.84. The van der Waals surface area contributed by atoms with Crippen LogP contribution in [0.1, 0.15) is 46.9 Å². The maximum Gasteiger partial charge on any atom is 0.387 e. The van der Waals surface area contributed by atoms with Crippen LogP contribution < -0.4 is 18.9 Å². The van der Waals surface area contributed by atoms with Gasteiger partial charge >= 0.3 is 12.6 Å². The van der Waals surface area contributed by atoms with Crippen LogP contribution in [0.4, 0.5) is 14.5 Å². The number of phenolic OH excluding ortho intramolecular Hbond substituents is 1. The van der Waals surface area contributed by atoms with Crippen molar-refractivity contribution >= 4 is 44.9 Å². The molecule has 2 fully saturated rings. The average Bonchev–Trinajstić information content (AvgIpc) is 3.86. The zero-order chi connectivity index (χ0) is 35.1. The Labute approximate surface area is 292 Å². The highest BCUT2D eigenvalue weighted by Crippen LogP contribution is 2.38. The molecule has 0 unspecified atom stereocenters. The van der Waals surface area contributed by atoms with E-state index in [-0.39, 0.29) is 68.6 Å². The molecule has 2 aliphatic rings. The molecular formula is C32H35Cl2F2N3O9S. The van der Waals surface area contributed by atoms with Gasteiger partial charge in [-0.05, 0) is 61.6 Å². The number of nitrogens with one attached hydrogen (secondary N) is 1. The van der Waals surface area contributed by atoms with Crippen molar-refractivity contribution in [3.63, 3.8) is 0 Å². The first kappa shape index (κ1) is 36.6. The molecule has 1 aliphatic heterocycles. The van der Waals surface area contributed by atoms with Gasteiger partial charge in [0, 0.05) is 31.1 Å². The molecule has 1 saturated carbocycles. The lowest BCUT2D eigenvalue weighted by Gasteiger charge is -2.26. The molecule has 1 aromatic heterocycles. The summed E-state index contributed by atoms with van der Waals surface area (Å²) in [5.74, 6) is -1.52. The van der Waals surface area contributed by atoms with Crippen molar-refractivity contribution in [2.75, 3.05) is 49.9 Å². The lowest BCUT2D eigenvalue weighted by Crippen LogP contribution is -2.37. The number of ether oxygens (including phenoxy) is 4. The number of esters is 1. The number of aromatic nitrogens is 1. The summed E-state index contributed by atoms with van der Waals surface area (Å²) in [5, 5.41) is 22.2. The Balaban J connectivity index is 1.38. The van der Waals surface area contributed by atoms with E-state index in [1.165, 1.54) is 24.3 Å². The van der Waals surface area contributed by atoms with Crippen molar-refractivity contribution in [3.8, 4) is 17.2 Å². The van der Waals surface area contributed by atoms with Crippen LogP contribution in [0.3, 0.4) is 0 Å². The maximum atomic E-state index is 13.6. The zero-order valence-electron chi connectivity index (χ0n) is 26.2. The highest BCUT2D eigenvalue weighted by molar-refractivity contribution is 7.92. The molecule has 2 heterocycles. The minimum absolute atomic E-state index is 0.00364. The Morgan fingerprint density at radius 2 is 1.82 bits per heavy atom. The van der Waals surface area contributed by atoms with Crippen LogP contribution in [-0.4, -0.2) is 76.2 Å². The molecule has 49 heavy (non-hydrogen) atoms. The van der Waals surface area contributed by atoms with E-state index in [1.54, 1.807) is 0 Å². The number of pyridine rings is 1. The van der Waals surface area contributed by atoms with Gasteiger partial charge in [-0.1, -0.05) is 29.3 Å². The van der Waals surface area contributed by atoms with Crippen LogP contribution in [0, 0.1) is 11.1 Å². The highest BCUT2D eigenvalue weighted by Gasteiger charge is 2.27. The summed E-state index contributed by atoms with van der Waals surface area (Å²) < 4.78 is 76.4. The van der Waals surface area contributed by atoms with Crippen molar-refractivity contribution in [1.29, 1.82) is 0 Å². The number of morpholine rings is 1. The number of benzene rings is 2. The molecule has 12 nitrogen and oxygen atoms in total. The first-order valence-electron chi connectivity index (χ1n) is 15.5. The van der Waals surface area contributed by atoms with E-state index in [4.69, 9.17) is 37.4 Å². The van der Waals surface area contributed by atoms with Gasteiger partial charge in [-0.3, -0.25) is 9.62 Å². The van der Waals surface area contributed by atoms with Gasteiger partial charge in [0.15, 0.2) is 23.9 Å². The molecule has 0 bridgehead atoms. The van der Waals surface area contributed by atoms with Crippen molar-refractivity contribution in [3.05, 3.63) is 80.7 Å². The second kappa shape index (κ2) is 16.4. The molecule has 0 amide bonds. The van der Waals surface area contributed by atoms with E-state index in [9.17, 15) is 32.3 Å². The van der Waals surface area contributed by atoms with E-state index in [2.05, 4.69) is 14.4 Å². The first-order chi connectivity index (χ1) is 23.3. The minimum Gasteiger partial charge on any atom is -0.619 e. The second-order valence-corrected chi connectivity index (χ2v) is 14.4. The monoisotopic (exact) mass is 745 g/mol. The van der Waals surface area contributed by atoms with Gasteiger partial charge in [-0.15, -0.1) is 0 Å². The second-order valence-electron chi connectivity index (χ2n) is 11.7. The number of halogens is 4. The SMILES string of the molecule is O=C(O[C@@H](Cc1c(Cl)c[n+]([O-])cc1Cl)c1ccc(OC(F)F)c(OCC2CC2)c1)c1cc(O)cc(NS(=O)(=O)CCCN2CCOCC2)c1. The minimum atomic E-state index is -3.85. The Kier molecular flexibility index (Phi) is 12.3. The number of phenols is 1. The van der Waals surface area contributed by atoms with E-state index in [0.717, 1.165) is 50.5 Å². The number of aromatic hydroxyl groups is 1. The van der Waals surface area contributed by atoms with Crippen molar-refractivity contribution < 1.29 is 50.8 Å². The standard InChI is InChI=1S/C32H35Cl2F2N3O9S/c33-26-17-39(42)18-27(34)25(26)16-29(21-4-5-28(48-32(35)36)30(14-21)46-19-20-2-3-20)47-31(41)22-12-23(15-24(40)13-22)37-49(43,44)11-1-6-38-7-9-45-10-8-38/h4-5,12-15,17-18,20,29,32,37,40H,1-3,6-11,16,19H2/t29-/m0/s1. The van der Waals surface area contributed by atoms with Gasteiger partial charge in [0.05, 0.1) is 36.8 Å². The number of carbonyl (C=O) groups excluding carboxylic acids is 1. The fraction of sp³-hybridized carbons (Fsp3) is 0.438. The Morgan fingerprint density at radius 3 is 2.49 bits per heavy atom. The molecule has 17 heteroatoms. The lowest BCUT2D eigenvalue weighted by molar-refractivity contribution is -0.605. The van der Waals surface area contributed by atoms with Gasteiger partial charge in [0.25, 0.3) is 0 Å². The summed E-state index contributed by atoms with van der Waals surface area (Å²) in [5.41, 5.74) is 0.283. The largest absolute Gasteiger partial charge is 0.619 e. The number of nitrogens with zero attached hydrogens (tertiary/aromatic N) is 2. The van der Waals surface area contributed by atoms with Crippen LogP contribution in [0.25, 0.3) is 0 Å². The fourth-order valence-corrected chi connectivity index (χ4v) is 6.87. The van der Waals surface area contributed by atoms with Gasteiger partial charge in [-0.25, -0.2) is 13.2 Å². The molecule has 0 spiro atoms. The summed E-state index contributed by atoms with van der Waals surface area (Å²) in [7, 11) is -3.85. The summed E-state index contributed by atoms with van der Waals surface area (Å²) in [6, 6.07) is 7.52. The lowest BCUT2D eigenvalue weighted by atomic mass is 10.0. The molecule has 2 N–H and O–H groups in total. The zero-order valence-corrected chi connectivity index (χ0v) is 28.5. The van der Waals surface area contributed by atoms with Gasteiger partial charge < -0.3 is 29.3 Å². The molecule has 1 aliphatic carbocycles. The summed E-state index contributed by atoms with van der Waals surface area (Å²) >= 11 is 12.7. The number of sulfonamides is 1. The number of rotatable bonds is 16. The van der Waals surface area contributed by atoms with Crippen LogP contribution in [-0.2, 0) is 25.9 Å². The summed E-state index contributed by atoms with van der Waals surface area (Å²) in [6.07, 6.45) is 3.02. The van der Waals surface area contributed by atoms with Crippen LogP contribution in [0.5, 0.6) is 17.2 Å². The van der Waals surface area contributed by atoms with Gasteiger partial charge in [0.2, 0.25) is 10.0 Å². The van der Waals surface area contributed by atoms with E-state index in [0.29, 0.717) is 30.9 Å². The molecule has 1 atom stereocenters.